The number of hydrogen-bond donors (Lipinski definition) is 1. The number of anilines is 1. The minimum atomic E-state index is -3.91. The molecule has 2 atom stereocenters. The van der Waals surface area contributed by atoms with Gasteiger partial charge in [0.15, 0.2) is 0 Å². The first-order valence-electron chi connectivity index (χ1n) is 11.6. The molecule has 1 saturated heterocycles. The number of methoxy groups -OCH3 is 2. The Labute approximate surface area is 213 Å². The van der Waals surface area contributed by atoms with E-state index >= 15 is 0 Å². The highest BCUT2D eigenvalue weighted by atomic mass is 32.2. The van der Waals surface area contributed by atoms with E-state index in [1.54, 1.807) is 25.1 Å². The third-order valence-corrected chi connectivity index (χ3v) is 9.38. The summed E-state index contributed by atoms with van der Waals surface area (Å²) in [5, 5.41) is 2.75. The first-order valence-corrected chi connectivity index (χ1v) is 13.8. The lowest BCUT2D eigenvalue weighted by molar-refractivity contribution is -0.116. The molecular formula is C24H30N4O6S2. The first-order chi connectivity index (χ1) is 17.0. The van der Waals surface area contributed by atoms with E-state index in [4.69, 9.17) is 9.47 Å². The Morgan fingerprint density at radius 3 is 2.53 bits per heavy atom. The molecule has 3 aromatic rings. The van der Waals surface area contributed by atoms with Gasteiger partial charge in [-0.2, -0.15) is 4.31 Å². The number of amides is 1. The highest BCUT2D eigenvalue weighted by molar-refractivity contribution is 7.89. The maximum atomic E-state index is 13.7. The highest BCUT2D eigenvalue weighted by Gasteiger charge is 2.35. The van der Waals surface area contributed by atoms with Gasteiger partial charge in [-0.05, 0) is 37.3 Å². The third kappa shape index (κ3) is 4.97. The van der Waals surface area contributed by atoms with Gasteiger partial charge in [-0.1, -0.05) is 13.8 Å². The van der Waals surface area contributed by atoms with Crippen molar-refractivity contribution in [1.29, 1.82) is 0 Å². The maximum absolute atomic E-state index is 13.7. The van der Waals surface area contributed by atoms with Crippen LogP contribution in [0.4, 0.5) is 5.69 Å². The average molecular weight is 535 g/mol. The van der Waals surface area contributed by atoms with E-state index in [-0.39, 0.29) is 28.7 Å². The monoisotopic (exact) mass is 534 g/mol. The number of aromatic nitrogens is 2. The number of thiophene rings is 1. The van der Waals surface area contributed by atoms with Gasteiger partial charge in [-0.3, -0.25) is 14.2 Å². The van der Waals surface area contributed by atoms with Gasteiger partial charge in [0.2, 0.25) is 15.9 Å². The second-order valence-corrected chi connectivity index (χ2v) is 12.3. The second-order valence-electron chi connectivity index (χ2n) is 9.23. The molecule has 1 aromatic carbocycles. The van der Waals surface area contributed by atoms with Gasteiger partial charge in [0.25, 0.3) is 5.56 Å². The lowest BCUT2D eigenvalue weighted by Crippen LogP contribution is -2.42. The highest BCUT2D eigenvalue weighted by Crippen LogP contribution is 2.35. The van der Waals surface area contributed by atoms with E-state index in [9.17, 15) is 18.0 Å². The van der Waals surface area contributed by atoms with Gasteiger partial charge in [-0.25, -0.2) is 13.4 Å². The number of sulfonamides is 1. The quantitative estimate of drug-likeness (QED) is 0.495. The van der Waals surface area contributed by atoms with Crippen molar-refractivity contribution < 1.29 is 22.7 Å². The van der Waals surface area contributed by atoms with Crippen molar-refractivity contribution in [3.8, 4) is 11.5 Å². The molecule has 194 valence electrons. The van der Waals surface area contributed by atoms with Crippen molar-refractivity contribution in [3.05, 3.63) is 39.8 Å². The van der Waals surface area contributed by atoms with Crippen molar-refractivity contribution in [3.63, 3.8) is 0 Å². The Morgan fingerprint density at radius 1 is 1.19 bits per heavy atom. The molecule has 36 heavy (non-hydrogen) atoms. The van der Waals surface area contributed by atoms with Crippen LogP contribution in [0.25, 0.3) is 10.2 Å². The average Bonchev–Trinajstić information content (AvgIpc) is 3.18. The van der Waals surface area contributed by atoms with Crippen LogP contribution in [0.3, 0.4) is 0 Å². The van der Waals surface area contributed by atoms with Crippen molar-refractivity contribution >= 4 is 43.2 Å². The number of aryl methyl sites for hydroxylation is 1. The molecule has 0 radical (unpaired) electrons. The minimum Gasteiger partial charge on any atom is -0.497 e. The summed E-state index contributed by atoms with van der Waals surface area (Å²) < 4.78 is 40.4. The summed E-state index contributed by atoms with van der Waals surface area (Å²) in [4.78, 5) is 31.4. The van der Waals surface area contributed by atoms with Gasteiger partial charge >= 0.3 is 0 Å². The zero-order valence-electron chi connectivity index (χ0n) is 20.9. The summed E-state index contributed by atoms with van der Waals surface area (Å²) >= 11 is 1.16. The number of nitrogens with one attached hydrogen (secondary N) is 1. The molecule has 2 aromatic heterocycles. The Hall–Kier alpha value is -2.96. The summed E-state index contributed by atoms with van der Waals surface area (Å²) in [6.07, 6.45) is 2.23. The molecular weight excluding hydrogens is 504 g/mol. The van der Waals surface area contributed by atoms with E-state index in [0.717, 1.165) is 22.3 Å². The molecule has 0 aliphatic carbocycles. The summed E-state index contributed by atoms with van der Waals surface area (Å²) in [6, 6.07) is 4.93. The number of rotatable bonds is 7. The van der Waals surface area contributed by atoms with Gasteiger partial charge in [-0.15, -0.1) is 11.3 Å². The number of carbonyl (C=O) groups is 1. The van der Waals surface area contributed by atoms with E-state index in [0.29, 0.717) is 40.0 Å². The maximum Gasteiger partial charge on any atom is 0.263 e. The fraction of sp³-hybridized carbons (Fsp3) is 0.458. The van der Waals surface area contributed by atoms with E-state index < -0.39 is 21.5 Å². The predicted molar refractivity (Wildman–Crippen MR) is 138 cm³/mol. The standard InChI is InChI=1S/C24H30N4O6S2/c1-14-8-15(2)11-28(10-14)36(31,32)22-16(3)35-23-21(22)24(30)27(13-25-23)12-20(29)26-18-7-6-17(33-4)9-19(18)34-5/h6-7,9,13-15H,8,10-12H2,1-5H3,(H,26,29)/t14-,15-/m0/s1. The zero-order valence-corrected chi connectivity index (χ0v) is 22.5. The Morgan fingerprint density at radius 2 is 1.89 bits per heavy atom. The van der Waals surface area contributed by atoms with Crippen molar-refractivity contribution in [2.75, 3.05) is 32.6 Å². The molecule has 12 heteroatoms. The molecule has 3 heterocycles. The minimum absolute atomic E-state index is 0.00659. The normalized spacial score (nSPS) is 18.8. The summed E-state index contributed by atoms with van der Waals surface area (Å²) in [7, 11) is -0.919. The Bertz CT molecular complexity index is 1450. The molecule has 4 rings (SSSR count). The molecule has 0 saturated carbocycles. The largest absolute Gasteiger partial charge is 0.497 e. The number of hydrogen-bond acceptors (Lipinski definition) is 8. The Kier molecular flexibility index (Phi) is 7.39. The van der Waals surface area contributed by atoms with Crippen LogP contribution in [-0.2, 0) is 21.4 Å². The summed E-state index contributed by atoms with van der Waals surface area (Å²) in [5.74, 6) is 0.922. The summed E-state index contributed by atoms with van der Waals surface area (Å²) in [5.41, 5.74) is -0.161. The molecule has 1 aliphatic heterocycles. The van der Waals surface area contributed by atoms with Crippen LogP contribution in [-0.4, -0.2) is 55.5 Å². The van der Waals surface area contributed by atoms with Crippen molar-refractivity contribution in [2.24, 2.45) is 11.8 Å². The van der Waals surface area contributed by atoms with E-state index in [1.165, 1.54) is 24.9 Å². The van der Waals surface area contributed by atoms with Crippen molar-refractivity contribution in [1.82, 2.24) is 13.9 Å². The number of nitrogens with zero attached hydrogens (tertiary/aromatic N) is 3. The van der Waals surface area contributed by atoms with E-state index in [1.807, 2.05) is 13.8 Å². The van der Waals surface area contributed by atoms with Crippen LogP contribution in [0.5, 0.6) is 11.5 Å². The third-order valence-electron chi connectivity index (χ3n) is 6.23. The van der Waals surface area contributed by atoms with Crippen LogP contribution >= 0.6 is 11.3 Å². The molecule has 1 amide bonds. The molecule has 10 nitrogen and oxygen atoms in total. The molecule has 1 fully saturated rings. The number of benzene rings is 1. The van der Waals surface area contributed by atoms with Crippen LogP contribution in [0.1, 0.15) is 25.1 Å². The van der Waals surface area contributed by atoms with E-state index in [2.05, 4.69) is 10.3 Å². The topological polar surface area (TPSA) is 120 Å². The summed E-state index contributed by atoms with van der Waals surface area (Å²) in [6.45, 7) is 6.21. The van der Waals surface area contributed by atoms with Crippen LogP contribution in [0.15, 0.2) is 34.2 Å². The molecule has 1 N–H and O–H groups in total. The predicted octanol–water partition coefficient (Wildman–Crippen LogP) is 3.09. The Balaban J connectivity index is 1.67. The fourth-order valence-electron chi connectivity index (χ4n) is 4.71. The molecule has 1 aliphatic rings. The molecule has 0 spiro atoms. The molecule has 0 bridgehead atoms. The van der Waals surface area contributed by atoms with Crippen LogP contribution < -0.4 is 20.3 Å². The van der Waals surface area contributed by atoms with Gasteiger partial charge in [0.1, 0.15) is 27.8 Å². The lowest BCUT2D eigenvalue weighted by atomic mass is 9.94. The number of fused-ring (bicyclic) bond motifs is 1. The number of piperidine rings is 1. The second kappa shape index (κ2) is 10.2. The van der Waals surface area contributed by atoms with Crippen LogP contribution in [0.2, 0.25) is 0 Å². The number of carbonyl (C=O) groups excluding carboxylic acids is 1. The van der Waals surface area contributed by atoms with Crippen molar-refractivity contribution in [2.45, 2.75) is 38.6 Å². The smallest absolute Gasteiger partial charge is 0.263 e. The molecule has 0 unspecified atom stereocenters. The number of ether oxygens (including phenoxy) is 2. The van der Waals surface area contributed by atoms with Gasteiger partial charge in [0, 0.05) is 24.0 Å². The van der Waals surface area contributed by atoms with Crippen LogP contribution in [0, 0.1) is 18.8 Å². The first kappa shape index (κ1) is 26.1. The lowest BCUT2D eigenvalue weighted by Gasteiger charge is -2.34. The fourth-order valence-corrected chi connectivity index (χ4v) is 8.06. The SMILES string of the molecule is COc1ccc(NC(=O)Cn2cnc3sc(C)c(S(=O)(=O)N4C[C@@H](C)C[C@H](C)C4)c3c2=O)c(OC)c1. The zero-order chi connectivity index (χ0) is 26.2. The van der Waals surface area contributed by atoms with Gasteiger partial charge < -0.3 is 14.8 Å². The van der Waals surface area contributed by atoms with Gasteiger partial charge in [0.05, 0.1) is 31.6 Å².